The molecule has 0 radical (unpaired) electrons. The molecule has 36 heavy (non-hydrogen) atoms. The number of piperazine rings is 1. The average Bonchev–Trinajstić information content (AvgIpc) is 3.56. The van der Waals surface area contributed by atoms with Gasteiger partial charge in [-0.25, -0.2) is 4.98 Å². The van der Waals surface area contributed by atoms with Crippen LogP contribution in [0.15, 0.2) is 42.5 Å². The van der Waals surface area contributed by atoms with Gasteiger partial charge in [-0.05, 0) is 55.3 Å². The second kappa shape index (κ2) is 11.6. The Labute approximate surface area is 216 Å². The molecule has 0 amide bonds. The fraction of sp³-hybridized carbons (Fsp3) is 0.385. The molecular weight excluding hydrogens is 474 g/mol. The van der Waals surface area contributed by atoms with Crippen LogP contribution in [0.3, 0.4) is 0 Å². The molecule has 6 N–H and O–H groups in total. The lowest BCUT2D eigenvalue weighted by Gasteiger charge is -2.32. The Morgan fingerprint density at radius 3 is 2.25 bits per heavy atom. The third kappa shape index (κ3) is 5.72. The SMILES string of the molecule is CC.Nc1cc(C(=O)c2sc(Nc3ccc(N4CCN(O)CC4)cc3)nc2N)ccc1N1CCCC1. The first-order valence-corrected chi connectivity index (χ1v) is 13.3. The van der Waals surface area contributed by atoms with Crippen LogP contribution in [-0.4, -0.2) is 60.3 Å². The van der Waals surface area contributed by atoms with Gasteiger partial charge >= 0.3 is 0 Å². The second-order valence-electron chi connectivity index (χ2n) is 8.64. The predicted octanol–water partition coefficient (Wildman–Crippen LogP) is 4.42. The maximum Gasteiger partial charge on any atom is 0.206 e. The summed E-state index contributed by atoms with van der Waals surface area (Å²) in [6.45, 7) is 8.80. The molecule has 0 unspecified atom stereocenters. The van der Waals surface area contributed by atoms with E-state index in [4.69, 9.17) is 11.5 Å². The molecule has 3 heterocycles. The van der Waals surface area contributed by atoms with Crippen molar-refractivity contribution in [2.24, 2.45) is 0 Å². The first kappa shape index (κ1) is 25.7. The van der Waals surface area contributed by atoms with Gasteiger partial charge in [0.05, 0.1) is 11.4 Å². The third-order valence-electron chi connectivity index (χ3n) is 6.34. The normalized spacial score (nSPS) is 16.0. The van der Waals surface area contributed by atoms with Crippen molar-refractivity contribution in [3.8, 4) is 0 Å². The van der Waals surface area contributed by atoms with E-state index >= 15 is 0 Å². The molecule has 1 aromatic heterocycles. The van der Waals surface area contributed by atoms with Gasteiger partial charge in [-0.1, -0.05) is 25.2 Å². The van der Waals surface area contributed by atoms with E-state index in [-0.39, 0.29) is 11.6 Å². The highest BCUT2D eigenvalue weighted by Gasteiger charge is 2.21. The van der Waals surface area contributed by atoms with Crippen molar-refractivity contribution in [3.05, 3.63) is 52.9 Å². The van der Waals surface area contributed by atoms with Gasteiger partial charge < -0.3 is 31.8 Å². The van der Waals surface area contributed by atoms with Gasteiger partial charge in [0.2, 0.25) is 5.78 Å². The van der Waals surface area contributed by atoms with E-state index in [0.29, 0.717) is 34.3 Å². The van der Waals surface area contributed by atoms with Crippen molar-refractivity contribution in [2.75, 3.05) is 65.9 Å². The highest BCUT2D eigenvalue weighted by atomic mass is 32.1. The van der Waals surface area contributed by atoms with Crippen LogP contribution in [0, 0.1) is 0 Å². The minimum absolute atomic E-state index is 0.180. The number of hydrogen-bond acceptors (Lipinski definition) is 10. The number of carbonyl (C=O) groups excluding carboxylic acids is 1. The Morgan fingerprint density at radius 1 is 0.944 bits per heavy atom. The standard InChI is InChI=1S/C24H29N7O2S.C2H6/c25-19-15-16(3-8-20(19)30-9-1-2-10-30)21(32)22-23(26)28-24(34-22)27-17-4-6-18(7-5-17)29-11-13-31(33)14-12-29;1-2/h3-8,15,33H,1-2,9-14,25-26H2,(H,27,28);1-2H3. The largest absolute Gasteiger partial charge is 0.397 e. The van der Waals surface area contributed by atoms with E-state index in [1.54, 1.807) is 6.07 Å². The van der Waals surface area contributed by atoms with Crippen LogP contribution < -0.4 is 26.6 Å². The van der Waals surface area contributed by atoms with Gasteiger partial charge in [-0.15, -0.1) is 0 Å². The Kier molecular flexibility index (Phi) is 8.29. The van der Waals surface area contributed by atoms with E-state index in [0.717, 1.165) is 56.1 Å². The van der Waals surface area contributed by atoms with Crippen LogP contribution >= 0.6 is 11.3 Å². The van der Waals surface area contributed by atoms with Crippen molar-refractivity contribution in [3.63, 3.8) is 0 Å². The molecule has 3 aromatic rings. The van der Waals surface area contributed by atoms with Crippen molar-refractivity contribution in [1.82, 2.24) is 10.0 Å². The molecule has 5 rings (SSSR count). The van der Waals surface area contributed by atoms with Crippen molar-refractivity contribution < 1.29 is 10.0 Å². The predicted molar refractivity (Wildman–Crippen MR) is 149 cm³/mol. The highest BCUT2D eigenvalue weighted by molar-refractivity contribution is 7.18. The molecule has 0 saturated carbocycles. The molecule has 0 aliphatic carbocycles. The number of rotatable bonds is 6. The molecule has 10 heteroatoms. The van der Waals surface area contributed by atoms with E-state index < -0.39 is 0 Å². The van der Waals surface area contributed by atoms with Crippen LogP contribution in [0.5, 0.6) is 0 Å². The number of aromatic nitrogens is 1. The Hall–Kier alpha value is -3.34. The third-order valence-corrected chi connectivity index (χ3v) is 7.32. The highest BCUT2D eigenvalue weighted by Crippen LogP contribution is 2.33. The number of nitrogen functional groups attached to an aromatic ring is 2. The average molecular weight is 510 g/mol. The van der Waals surface area contributed by atoms with Crippen LogP contribution in [0.4, 0.5) is 33.7 Å². The van der Waals surface area contributed by atoms with Crippen LogP contribution in [-0.2, 0) is 0 Å². The number of nitrogens with zero attached hydrogens (tertiary/aromatic N) is 4. The zero-order chi connectivity index (χ0) is 25.7. The van der Waals surface area contributed by atoms with Crippen LogP contribution in [0.2, 0.25) is 0 Å². The Bertz CT molecular complexity index is 1170. The maximum absolute atomic E-state index is 13.1. The van der Waals surface area contributed by atoms with E-state index in [1.807, 2.05) is 50.2 Å². The van der Waals surface area contributed by atoms with Crippen LogP contribution in [0.1, 0.15) is 41.9 Å². The van der Waals surface area contributed by atoms with Gasteiger partial charge in [0.25, 0.3) is 0 Å². The smallest absolute Gasteiger partial charge is 0.206 e. The summed E-state index contributed by atoms with van der Waals surface area (Å²) in [5, 5.41) is 14.7. The number of hydrogen-bond donors (Lipinski definition) is 4. The summed E-state index contributed by atoms with van der Waals surface area (Å²) in [6, 6.07) is 13.5. The quantitative estimate of drug-likeness (QED) is 0.282. The number of nitrogens with two attached hydrogens (primary N) is 2. The molecule has 0 spiro atoms. The monoisotopic (exact) mass is 509 g/mol. The first-order valence-electron chi connectivity index (χ1n) is 12.5. The number of ketones is 1. The molecule has 2 aliphatic rings. The number of benzene rings is 2. The molecule has 2 aromatic carbocycles. The summed E-state index contributed by atoms with van der Waals surface area (Å²) in [5.74, 6) is 0.0271. The van der Waals surface area contributed by atoms with E-state index in [2.05, 4.69) is 20.1 Å². The van der Waals surface area contributed by atoms with Gasteiger partial charge in [0, 0.05) is 56.2 Å². The van der Waals surface area contributed by atoms with Crippen molar-refractivity contribution >= 4 is 50.8 Å². The lowest BCUT2D eigenvalue weighted by Crippen LogP contribution is -2.44. The topological polar surface area (TPSA) is 124 Å². The van der Waals surface area contributed by atoms with Gasteiger partial charge in [0.1, 0.15) is 10.7 Å². The Morgan fingerprint density at radius 2 is 1.61 bits per heavy atom. The van der Waals surface area contributed by atoms with Crippen LogP contribution in [0.25, 0.3) is 0 Å². The number of carbonyl (C=O) groups is 1. The number of anilines is 6. The summed E-state index contributed by atoms with van der Waals surface area (Å²) in [5.41, 5.74) is 16.4. The number of nitrogens with one attached hydrogen (secondary N) is 1. The van der Waals surface area contributed by atoms with E-state index in [1.165, 1.54) is 16.4 Å². The van der Waals surface area contributed by atoms with Gasteiger partial charge in [-0.2, -0.15) is 5.06 Å². The number of thiazole rings is 1. The molecule has 2 saturated heterocycles. The molecule has 2 fully saturated rings. The lowest BCUT2D eigenvalue weighted by atomic mass is 10.1. The lowest BCUT2D eigenvalue weighted by molar-refractivity contribution is -0.0935. The number of hydroxylamine groups is 2. The summed E-state index contributed by atoms with van der Waals surface area (Å²) < 4.78 is 0. The molecule has 2 aliphatic heterocycles. The minimum atomic E-state index is -0.180. The zero-order valence-corrected chi connectivity index (χ0v) is 21.7. The molecular formula is C26H35N7O2S. The minimum Gasteiger partial charge on any atom is -0.397 e. The van der Waals surface area contributed by atoms with Gasteiger partial charge in [-0.3, -0.25) is 4.79 Å². The molecule has 0 bridgehead atoms. The van der Waals surface area contributed by atoms with Gasteiger partial charge in [0.15, 0.2) is 5.13 Å². The summed E-state index contributed by atoms with van der Waals surface area (Å²) >= 11 is 1.23. The fourth-order valence-electron chi connectivity index (χ4n) is 4.45. The molecule has 0 atom stereocenters. The second-order valence-corrected chi connectivity index (χ2v) is 9.64. The Balaban J connectivity index is 0.00000148. The van der Waals surface area contributed by atoms with Crippen molar-refractivity contribution in [1.29, 1.82) is 0 Å². The molecule has 9 nitrogen and oxygen atoms in total. The summed E-state index contributed by atoms with van der Waals surface area (Å²) in [7, 11) is 0. The first-order chi connectivity index (χ1) is 17.5. The maximum atomic E-state index is 13.1. The summed E-state index contributed by atoms with van der Waals surface area (Å²) in [6.07, 6.45) is 2.33. The van der Waals surface area contributed by atoms with Crippen molar-refractivity contribution in [2.45, 2.75) is 26.7 Å². The fourth-order valence-corrected chi connectivity index (χ4v) is 5.32. The zero-order valence-electron chi connectivity index (χ0n) is 20.9. The van der Waals surface area contributed by atoms with E-state index in [9.17, 15) is 10.0 Å². The molecule has 192 valence electrons. The summed E-state index contributed by atoms with van der Waals surface area (Å²) in [4.78, 5) is 22.4.